The zero-order chi connectivity index (χ0) is 12.3. The van der Waals surface area contributed by atoms with Crippen molar-refractivity contribution < 1.29 is 4.79 Å². The fourth-order valence-electron chi connectivity index (χ4n) is 2.14. The summed E-state index contributed by atoms with van der Waals surface area (Å²) in [4.78, 5) is 15.9. The quantitative estimate of drug-likeness (QED) is 0.828. The van der Waals surface area contributed by atoms with E-state index in [1.54, 1.807) is 12.4 Å². The third-order valence-corrected chi connectivity index (χ3v) is 3.42. The van der Waals surface area contributed by atoms with E-state index in [9.17, 15) is 4.79 Å². The van der Waals surface area contributed by atoms with Crippen molar-refractivity contribution in [1.29, 1.82) is 0 Å². The number of carbonyl (C=O) groups is 1. The predicted molar refractivity (Wildman–Crippen MR) is 66.2 cm³/mol. The highest BCUT2D eigenvalue weighted by atomic mass is 16.1. The van der Waals surface area contributed by atoms with Crippen LogP contribution in [0.4, 0.5) is 0 Å². The number of hydrogen-bond donors (Lipinski definition) is 2. The minimum absolute atomic E-state index is 0.0140. The molecule has 4 nitrogen and oxygen atoms in total. The first-order valence-corrected chi connectivity index (χ1v) is 6.07. The molecule has 0 spiro atoms. The van der Waals surface area contributed by atoms with Crippen LogP contribution < -0.4 is 11.1 Å². The summed E-state index contributed by atoms with van der Waals surface area (Å²) in [6.07, 6.45) is 6.98. The Morgan fingerprint density at radius 2 is 2.41 bits per heavy atom. The molecule has 0 radical (unpaired) electrons. The van der Waals surface area contributed by atoms with Gasteiger partial charge in [-0.05, 0) is 37.8 Å². The van der Waals surface area contributed by atoms with Crippen molar-refractivity contribution >= 4 is 5.91 Å². The molecule has 1 aliphatic carbocycles. The van der Waals surface area contributed by atoms with Crippen LogP contribution in [-0.2, 0) is 4.79 Å². The molecule has 1 aromatic rings. The van der Waals surface area contributed by atoms with Gasteiger partial charge in [-0.1, -0.05) is 6.07 Å². The Balaban J connectivity index is 1.86. The molecule has 1 amide bonds. The molecule has 2 rings (SSSR count). The average Bonchev–Trinajstić information content (AvgIpc) is 2.28. The van der Waals surface area contributed by atoms with Gasteiger partial charge in [0.1, 0.15) is 0 Å². The Kier molecular flexibility index (Phi) is 3.43. The first kappa shape index (κ1) is 12.0. The molecular formula is C13H19N3O. The summed E-state index contributed by atoms with van der Waals surface area (Å²) >= 11 is 0. The van der Waals surface area contributed by atoms with Gasteiger partial charge in [0.25, 0.3) is 0 Å². The SMILES string of the molecule is C[C@@H](NC(=O)CC1(N)CCC1)c1cccnc1. The van der Waals surface area contributed by atoms with Crippen LogP contribution in [0, 0.1) is 0 Å². The maximum atomic E-state index is 11.8. The lowest BCUT2D eigenvalue weighted by atomic mass is 9.75. The first-order valence-electron chi connectivity index (χ1n) is 6.07. The molecule has 1 aliphatic rings. The minimum Gasteiger partial charge on any atom is -0.349 e. The molecular weight excluding hydrogens is 214 g/mol. The van der Waals surface area contributed by atoms with Gasteiger partial charge in [0, 0.05) is 24.4 Å². The smallest absolute Gasteiger partial charge is 0.222 e. The van der Waals surface area contributed by atoms with Gasteiger partial charge in [-0.15, -0.1) is 0 Å². The van der Waals surface area contributed by atoms with E-state index in [4.69, 9.17) is 5.73 Å². The second-order valence-corrected chi connectivity index (χ2v) is 4.97. The van der Waals surface area contributed by atoms with E-state index >= 15 is 0 Å². The van der Waals surface area contributed by atoms with Gasteiger partial charge < -0.3 is 11.1 Å². The van der Waals surface area contributed by atoms with Crippen molar-refractivity contribution in [2.24, 2.45) is 5.73 Å². The summed E-state index contributed by atoms with van der Waals surface area (Å²) in [6.45, 7) is 1.96. The summed E-state index contributed by atoms with van der Waals surface area (Å²) in [7, 11) is 0. The molecule has 0 aromatic carbocycles. The number of carbonyl (C=O) groups excluding carboxylic acids is 1. The van der Waals surface area contributed by atoms with Crippen LogP contribution in [0.2, 0.25) is 0 Å². The molecule has 0 saturated heterocycles. The number of amides is 1. The average molecular weight is 233 g/mol. The van der Waals surface area contributed by atoms with Gasteiger partial charge in [0.15, 0.2) is 0 Å². The number of rotatable bonds is 4. The number of nitrogens with two attached hydrogens (primary N) is 1. The van der Waals surface area contributed by atoms with Gasteiger partial charge >= 0.3 is 0 Å². The van der Waals surface area contributed by atoms with Crippen molar-refractivity contribution in [3.8, 4) is 0 Å². The van der Waals surface area contributed by atoms with Gasteiger partial charge in [-0.2, -0.15) is 0 Å². The zero-order valence-electron chi connectivity index (χ0n) is 10.1. The molecule has 1 saturated carbocycles. The topological polar surface area (TPSA) is 68.0 Å². The van der Waals surface area contributed by atoms with Crippen molar-refractivity contribution in [1.82, 2.24) is 10.3 Å². The Morgan fingerprint density at radius 3 is 2.94 bits per heavy atom. The Hall–Kier alpha value is -1.42. The molecule has 4 heteroatoms. The minimum atomic E-state index is -0.251. The Morgan fingerprint density at radius 1 is 1.65 bits per heavy atom. The molecule has 1 atom stereocenters. The molecule has 1 aromatic heterocycles. The van der Waals surface area contributed by atoms with Crippen molar-refractivity contribution in [2.75, 3.05) is 0 Å². The maximum Gasteiger partial charge on any atom is 0.222 e. The molecule has 3 N–H and O–H groups in total. The van der Waals surface area contributed by atoms with Crippen molar-refractivity contribution in [3.05, 3.63) is 30.1 Å². The third kappa shape index (κ3) is 3.03. The van der Waals surface area contributed by atoms with Gasteiger partial charge in [-0.25, -0.2) is 0 Å². The summed E-state index contributed by atoms with van der Waals surface area (Å²) in [5, 5.41) is 2.96. The normalized spacial score (nSPS) is 19.2. The van der Waals surface area contributed by atoms with E-state index in [0.717, 1.165) is 24.8 Å². The highest BCUT2D eigenvalue weighted by Gasteiger charge is 2.34. The lowest BCUT2D eigenvalue weighted by molar-refractivity contribution is -0.123. The van der Waals surface area contributed by atoms with Crippen LogP contribution in [-0.4, -0.2) is 16.4 Å². The largest absolute Gasteiger partial charge is 0.349 e. The molecule has 1 fully saturated rings. The molecule has 0 bridgehead atoms. The standard InChI is InChI=1S/C13H19N3O/c1-10(11-4-2-7-15-9-11)16-12(17)8-13(14)5-3-6-13/h2,4,7,9-10H,3,5-6,8,14H2,1H3,(H,16,17)/t10-/m1/s1. The fourth-order valence-corrected chi connectivity index (χ4v) is 2.14. The summed E-state index contributed by atoms with van der Waals surface area (Å²) in [5.74, 6) is 0.0311. The molecule has 17 heavy (non-hydrogen) atoms. The third-order valence-electron chi connectivity index (χ3n) is 3.42. The van der Waals surface area contributed by atoms with Crippen molar-refractivity contribution in [2.45, 2.75) is 44.2 Å². The van der Waals surface area contributed by atoms with Crippen LogP contribution in [0.15, 0.2) is 24.5 Å². The van der Waals surface area contributed by atoms with Crippen LogP contribution in [0.3, 0.4) is 0 Å². The van der Waals surface area contributed by atoms with E-state index < -0.39 is 0 Å². The number of pyridine rings is 1. The predicted octanol–water partition coefficient (Wildman–Crippen LogP) is 1.53. The van der Waals surface area contributed by atoms with Crippen LogP contribution in [0.1, 0.15) is 44.2 Å². The van der Waals surface area contributed by atoms with E-state index in [0.29, 0.717) is 6.42 Å². The number of aromatic nitrogens is 1. The monoisotopic (exact) mass is 233 g/mol. The first-order chi connectivity index (χ1) is 8.09. The second kappa shape index (κ2) is 4.84. The van der Waals surface area contributed by atoms with E-state index in [-0.39, 0.29) is 17.5 Å². The van der Waals surface area contributed by atoms with Crippen LogP contribution in [0.5, 0.6) is 0 Å². The summed E-state index contributed by atoms with van der Waals surface area (Å²) in [6, 6.07) is 3.81. The van der Waals surface area contributed by atoms with Gasteiger partial charge in [-0.3, -0.25) is 9.78 Å². The maximum absolute atomic E-state index is 11.8. The zero-order valence-corrected chi connectivity index (χ0v) is 10.1. The van der Waals surface area contributed by atoms with Crippen molar-refractivity contribution in [3.63, 3.8) is 0 Å². The number of nitrogens with one attached hydrogen (secondary N) is 1. The van der Waals surface area contributed by atoms with Crippen LogP contribution in [0.25, 0.3) is 0 Å². The van der Waals surface area contributed by atoms with E-state index in [2.05, 4.69) is 10.3 Å². The molecule has 0 unspecified atom stereocenters. The number of nitrogens with zero attached hydrogens (tertiary/aromatic N) is 1. The highest BCUT2D eigenvalue weighted by molar-refractivity contribution is 5.77. The molecule has 92 valence electrons. The lowest BCUT2D eigenvalue weighted by Gasteiger charge is -2.37. The van der Waals surface area contributed by atoms with Gasteiger partial charge in [0.05, 0.1) is 6.04 Å². The van der Waals surface area contributed by atoms with Gasteiger partial charge in [0.2, 0.25) is 5.91 Å². The summed E-state index contributed by atoms with van der Waals surface area (Å²) in [5.41, 5.74) is 6.81. The molecule has 0 aliphatic heterocycles. The van der Waals surface area contributed by atoms with E-state index in [1.807, 2.05) is 19.1 Å². The van der Waals surface area contributed by atoms with Crippen LogP contribution >= 0.6 is 0 Å². The Labute approximate surface area is 102 Å². The summed E-state index contributed by atoms with van der Waals surface area (Å²) < 4.78 is 0. The van der Waals surface area contributed by atoms with E-state index in [1.165, 1.54) is 0 Å². The second-order valence-electron chi connectivity index (χ2n) is 4.97. The highest BCUT2D eigenvalue weighted by Crippen LogP contribution is 2.32. The molecule has 1 heterocycles. The Bertz CT molecular complexity index is 387. The number of hydrogen-bond acceptors (Lipinski definition) is 3. The lowest BCUT2D eigenvalue weighted by Crippen LogP contribution is -2.50. The fraction of sp³-hybridized carbons (Fsp3) is 0.538.